The summed E-state index contributed by atoms with van der Waals surface area (Å²) in [5.74, 6) is 1.43. The van der Waals surface area contributed by atoms with Crippen molar-refractivity contribution in [1.29, 1.82) is 0 Å². The molecule has 3 fully saturated rings. The second kappa shape index (κ2) is 7.31. The molecule has 3 saturated carbocycles. The number of halogens is 3. The molecule has 6 atom stereocenters. The lowest BCUT2D eigenvalue weighted by Gasteiger charge is -2.56. The van der Waals surface area contributed by atoms with Crippen molar-refractivity contribution in [3.05, 3.63) is 52.6 Å². The monoisotopic (exact) mass is 444 g/mol. The van der Waals surface area contributed by atoms with Crippen LogP contribution in [0.2, 0.25) is 0 Å². The van der Waals surface area contributed by atoms with Crippen molar-refractivity contribution in [2.75, 3.05) is 0 Å². The minimum absolute atomic E-state index is 0.117. The fourth-order valence-electron chi connectivity index (χ4n) is 7.41. The maximum atomic E-state index is 13.5. The molecule has 0 amide bonds. The fraction of sp³-hybridized carbons (Fsp3) is 0.593. The summed E-state index contributed by atoms with van der Waals surface area (Å²) in [6.45, 7) is 4.47. The molecule has 172 valence electrons. The molecule has 0 saturated heterocycles. The molecule has 0 radical (unpaired) electrons. The lowest BCUT2D eigenvalue weighted by molar-refractivity contribution is -0.137. The lowest BCUT2D eigenvalue weighted by atomic mass is 9.48. The molecule has 0 unspecified atom stereocenters. The second-order valence-corrected chi connectivity index (χ2v) is 10.9. The van der Waals surface area contributed by atoms with Crippen molar-refractivity contribution in [2.45, 2.75) is 71.1 Å². The molecule has 0 bridgehead atoms. The van der Waals surface area contributed by atoms with E-state index in [9.17, 15) is 23.1 Å². The van der Waals surface area contributed by atoms with Gasteiger partial charge in [-0.1, -0.05) is 37.6 Å². The predicted octanol–water partition coefficient (Wildman–Crippen LogP) is 6.59. The number of aliphatic hydroxyl groups excluding tert-OH is 1. The first-order valence-electron chi connectivity index (χ1n) is 11.8. The van der Waals surface area contributed by atoms with Gasteiger partial charge in [-0.25, -0.2) is 0 Å². The molecule has 5 heteroatoms. The van der Waals surface area contributed by atoms with Crippen molar-refractivity contribution >= 4 is 11.9 Å². The van der Waals surface area contributed by atoms with Crippen LogP contribution in [0, 0.1) is 28.6 Å². The van der Waals surface area contributed by atoms with Crippen molar-refractivity contribution in [2.24, 2.45) is 28.6 Å². The third-order valence-corrected chi connectivity index (χ3v) is 9.30. The van der Waals surface area contributed by atoms with E-state index in [1.165, 1.54) is 17.7 Å². The first kappa shape index (κ1) is 21.9. The highest BCUT2D eigenvalue weighted by atomic mass is 19.4. The Hall–Kier alpha value is -1.88. The van der Waals surface area contributed by atoms with Crippen LogP contribution in [-0.4, -0.2) is 17.0 Å². The third-order valence-electron chi connectivity index (χ3n) is 9.30. The Morgan fingerprint density at radius 3 is 2.38 bits per heavy atom. The van der Waals surface area contributed by atoms with Gasteiger partial charge in [0.25, 0.3) is 0 Å². The van der Waals surface area contributed by atoms with Crippen LogP contribution in [0.15, 0.2) is 41.5 Å². The van der Waals surface area contributed by atoms with Gasteiger partial charge in [-0.05, 0) is 97.5 Å². The van der Waals surface area contributed by atoms with Gasteiger partial charge in [0.15, 0.2) is 5.78 Å². The fourth-order valence-corrected chi connectivity index (χ4v) is 7.41. The molecular formula is C27H31F3O2. The molecular weight excluding hydrogens is 413 g/mol. The van der Waals surface area contributed by atoms with E-state index in [0.29, 0.717) is 23.8 Å². The van der Waals surface area contributed by atoms with E-state index in [1.807, 2.05) is 6.08 Å². The molecule has 5 rings (SSSR count). The number of carbonyl (C=O) groups is 1. The SMILES string of the molecule is C[C@@]12CC[C@@H]3[C@H](CC=C4C[C@@H](O)CC[C@@]43C)[C@H]1C/C(=C\c1ccc(C(F)(F)F)cc1)C2=O. The molecule has 0 aromatic heterocycles. The Balaban J connectivity index is 1.43. The van der Waals surface area contributed by atoms with Gasteiger partial charge >= 0.3 is 6.18 Å². The van der Waals surface area contributed by atoms with Gasteiger partial charge in [0.2, 0.25) is 0 Å². The van der Waals surface area contributed by atoms with Crippen molar-refractivity contribution in [3.8, 4) is 0 Å². The number of rotatable bonds is 1. The molecule has 1 N–H and O–H groups in total. The molecule has 4 aliphatic rings. The van der Waals surface area contributed by atoms with Gasteiger partial charge in [-0.2, -0.15) is 13.2 Å². The van der Waals surface area contributed by atoms with E-state index >= 15 is 0 Å². The number of alkyl halides is 3. The van der Waals surface area contributed by atoms with Gasteiger partial charge in [0.1, 0.15) is 0 Å². The van der Waals surface area contributed by atoms with Crippen molar-refractivity contribution in [1.82, 2.24) is 0 Å². The number of allylic oxidation sites excluding steroid dienone is 2. The molecule has 1 aromatic rings. The number of aliphatic hydroxyl groups is 1. The standard InChI is InChI=1S/C27H31F3O2/c1-25-11-9-20(31)15-19(25)7-8-21-22(25)10-12-26(2)23(21)14-17(24(26)32)13-16-3-5-18(6-4-16)27(28,29)30/h3-7,13,20-23,31H,8-12,14-15H2,1-2H3/b17-13+/t20-,21-,22+,23+,25-,26+/m0/s1. The summed E-state index contributed by atoms with van der Waals surface area (Å²) in [6, 6.07) is 5.09. The zero-order valence-corrected chi connectivity index (χ0v) is 18.7. The smallest absolute Gasteiger partial charge is 0.393 e. The highest BCUT2D eigenvalue weighted by molar-refractivity contribution is 6.05. The molecule has 4 aliphatic carbocycles. The topological polar surface area (TPSA) is 37.3 Å². The van der Waals surface area contributed by atoms with Crippen LogP contribution in [-0.2, 0) is 11.0 Å². The molecule has 0 heterocycles. The molecule has 32 heavy (non-hydrogen) atoms. The molecule has 0 aliphatic heterocycles. The Labute approximate surface area is 187 Å². The maximum absolute atomic E-state index is 13.5. The van der Waals surface area contributed by atoms with Gasteiger partial charge in [-0.15, -0.1) is 0 Å². The van der Waals surface area contributed by atoms with Crippen LogP contribution < -0.4 is 0 Å². The van der Waals surface area contributed by atoms with E-state index in [4.69, 9.17) is 0 Å². The van der Waals surface area contributed by atoms with Crippen LogP contribution in [0.25, 0.3) is 6.08 Å². The largest absolute Gasteiger partial charge is 0.416 e. The highest BCUT2D eigenvalue weighted by Crippen LogP contribution is 2.64. The summed E-state index contributed by atoms with van der Waals surface area (Å²) in [5, 5.41) is 10.2. The lowest BCUT2D eigenvalue weighted by Crippen LogP contribution is -2.50. The average Bonchev–Trinajstić information content (AvgIpc) is 2.99. The summed E-state index contributed by atoms with van der Waals surface area (Å²) >= 11 is 0. The van der Waals surface area contributed by atoms with Gasteiger partial charge in [0.05, 0.1) is 11.7 Å². The number of Topliss-reactive ketones (excluding diaryl/α,β-unsaturated/α-hetero) is 1. The number of ketones is 1. The van der Waals surface area contributed by atoms with E-state index < -0.39 is 11.7 Å². The summed E-state index contributed by atoms with van der Waals surface area (Å²) in [7, 11) is 0. The highest BCUT2D eigenvalue weighted by Gasteiger charge is 2.59. The summed E-state index contributed by atoms with van der Waals surface area (Å²) in [5.41, 5.74) is 1.89. The Morgan fingerprint density at radius 2 is 1.69 bits per heavy atom. The second-order valence-electron chi connectivity index (χ2n) is 10.9. The van der Waals surface area contributed by atoms with Crippen LogP contribution in [0.5, 0.6) is 0 Å². The van der Waals surface area contributed by atoms with E-state index in [2.05, 4.69) is 19.9 Å². The van der Waals surface area contributed by atoms with Gasteiger partial charge in [-0.3, -0.25) is 4.79 Å². The van der Waals surface area contributed by atoms with E-state index in [0.717, 1.165) is 56.2 Å². The molecule has 0 spiro atoms. The zero-order chi connectivity index (χ0) is 22.9. The zero-order valence-electron chi connectivity index (χ0n) is 18.7. The molecule has 2 nitrogen and oxygen atoms in total. The normalized spacial score (nSPS) is 40.5. The summed E-state index contributed by atoms with van der Waals surface area (Å²) in [6.07, 6.45) is 5.76. The van der Waals surface area contributed by atoms with Crippen molar-refractivity contribution in [3.63, 3.8) is 0 Å². The van der Waals surface area contributed by atoms with Crippen LogP contribution in [0.4, 0.5) is 13.2 Å². The Bertz CT molecular complexity index is 989. The number of benzene rings is 1. The summed E-state index contributed by atoms with van der Waals surface area (Å²) in [4.78, 5) is 13.5. The minimum Gasteiger partial charge on any atom is -0.393 e. The molecule has 1 aromatic carbocycles. The average molecular weight is 445 g/mol. The minimum atomic E-state index is -4.36. The van der Waals surface area contributed by atoms with Crippen LogP contribution >= 0.6 is 0 Å². The van der Waals surface area contributed by atoms with E-state index in [1.54, 1.807) is 0 Å². The maximum Gasteiger partial charge on any atom is 0.416 e. The summed E-state index contributed by atoms with van der Waals surface area (Å²) < 4.78 is 38.6. The quantitative estimate of drug-likeness (QED) is 0.392. The Kier molecular flexibility index (Phi) is 5.01. The van der Waals surface area contributed by atoms with Crippen LogP contribution in [0.1, 0.15) is 69.9 Å². The number of hydrogen-bond donors (Lipinski definition) is 1. The van der Waals surface area contributed by atoms with E-state index in [-0.39, 0.29) is 28.6 Å². The van der Waals surface area contributed by atoms with Crippen molar-refractivity contribution < 1.29 is 23.1 Å². The Morgan fingerprint density at radius 1 is 1.00 bits per heavy atom. The first-order chi connectivity index (χ1) is 15.0. The van der Waals surface area contributed by atoms with Gasteiger partial charge in [0, 0.05) is 5.41 Å². The number of fused-ring (bicyclic) bond motifs is 5. The van der Waals surface area contributed by atoms with Crippen LogP contribution in [0.3, 0.4) is 0 Å². The predicted molar refractivity (Wildman–Crippen MR) is 118 cm³/mol. The van der Waals surface area contributed by atoms with Gasteiger partial charge < -0.3 is 5.11 Å². The number of hydrogen-bond acceptors (Lipinski definition) is 2. The first-order valence-corrected chi connectivity index (χ1v) is 11.8. The number of carbonyl (C=O) groups excluding carboxylic acids is 1. The third kappa shape index (κ3) is 3.30.